The molecule has 0 heterocycles. The lowest BCUT2D eigenvalue weighted by Crippen LogP contribution is -2.52. The Morgan fingerprint density at radius 2 is 1.76 bits per heavy atom. The van der Waals surface area contributed by atoms with Gasteiger partial charge in [-0.05, 0) is 66.6 Å². The fourth-order valence-electron chi connectivity index (χ4n) is 2.95. The van der Waals surface area contributed by atoms with Crippen LogP contribution in [0.2, 0.25) is 0 Å². The van der Waals surface area contributed by atoms with E-state index in [0.717, 1.165) is 14.0 Å². The van der Waals surface area contributed by atoms with Crippen LogP contribution in [0.5, 0.6) is 5.75 Å². The van der Waals surface area contributed by atoms with Crippen molar-refractivity contribution in [3.8, 4) is 5.75 Å². The van der Waals surface area contributed by atoms with E-state index in [2.05, 4.69) is 27.9 Å². The second-order valence-corrected chi connectivity index (χ2v) is 9.63. The minimum Gasteiger partial charge on any atom is -0.496 e. The largest absolute Gasteiger partial charge is 0.496 e. The van der Waals surface area contributed by atoms with Crippen LogP contribution in [-0.2, 0) is 25.7 Å². The number of hydrogen-bond acceptors (Lipinski definition) is 7. The Morgan fingerprint density at radius 1 is 1.12 bits per heavy atom. The third-order valence-corrected chi connectivity index (χ3v) is 5.43. The van der Waals surface area contributed by atoms with Gasteiger partial charge in [0.05, 0.1) is 10.7 Å². The molecule has 34 heavy (non-hydrogen) atoms. The van der Waals surface area contributed by atoms with Crippen molar-refractivity contribution in [1.82, 2.24) is 10.2 Å². The Bertz CT molecular complexity index is 1010. The molecule has 0 radical (unpaired) electrons. The van der Waals surface area contributed by atoms with Gasteiger partial charge in [-0.1, -0.05) is 36.4 Å². The van der Waals surface area contributed by atoms with E-state index in [-0.39, 0.29) is 6.61 Å². The molecule has 0 fully saturated rings. The van der Waals surface area contributed by atoms with E-state index in [1.807, 2.05) is 18.2 Å². The summed E-state index contributed by atoms with van der Waals surface area (Å²) in [6.07, 6.45) is -2.14. The molecule has 2 aromatic carbocycles. The van der Waals surface area contributed by atoms with Crippen LogP contribution in [0.25, 0.3) is 0 Å². The Hall–Kier alpha value is -2.86. The van der Waals surface area contributed by atoms with E-state index < -0.39 is 35.8 Å². The average molecular weight is 583 g/mol. The molecule has 2 atom stereocenters. The van der Waals surface area contributed by atoms with Gasteiger partial charge in [-0.15, -0.1) is 0 Å². The molecular formula is C24H30IN3O6. The minimum atomic E-state index is -1.43. The number of esters is 1. The topological polar surface area (TPSA) is 120 Å². The van der Waals surface area contributed by atoms with Gasteiger partial charge < -0.3 is 25.3 Å². The van der Waals surface area contributed by atoms with Gasteiger partial charge in [0, 0.05) is 7.05 Å². The number of carbonyl (C=O) groups excluding carboxylic acids is 3. The third kappa shape index (κ3) is 7.87. The molecule has 10 heteroatoms. The third-order valence-electron chi connectivity index (χ3n) is 4.58. The zero-order valence-electron chi connectivity index (χ0n) is 19.8. The standard InChI is InChI=1S/C24H30IN3O6/c1-24(2,3)34-23(31)28(4)19(16-11-12-18(32-5)17(25)13-16)21(29)27-20(26)22(30)33-14-15-9-7-6-8-10-15/h6-13,19-20H,14,26H2,1-5H3,(H,27,29)/t19-,20+/m0/s1. The van der Waals surface area contributed by atoms with Crippen LogP contribution in [0.3, 0.4) is 0 Å². The number of methoxy groups -OCH3 is 1. The number of likely N-dealkylation sites (N-methyl/N-ethyl adjacent to an activating group) is 1. The second kappa shape index (κ2) is 12.0. The van der Waals surface area contributed by atoms with Crippen molar-refractivity contribution in [3.05, 3.63) is 63.2 Å². The molecule has 0 saturated heterocycles. The van der Waals surface area contributed by atoms with Crippen LogP contribution in [0.15, 0.2) is 48.5 Å². The molecule has 0 aromatic heterocycles. The molecule has 0 aliphatic rings. The molecule has 0 bridgehead atoms. The van der Waals surface area contributed by atoms with Crippen LogP contribution in [0.1, 0.15) is 37.9 Å². The first-order valence-corrected chi connectivity index (χ1v) is 11.6. The van der Waals surface area contributed by atoms with Crippen LogP contribution >= 0.6 is 22.6 Å². The van der Waals surface area contributed by atoms with Crippen molar-refractivity contribution in [2.24, 2.45) is 5.73 Å². The highest BCUT2D eigenvalue weighted by Gasteiger charge is 2.34. The average Bonchev–Trinajstić information content (AvgIpc) is 2.77. The summed E-state index contributed by atoms with van der Waals surface area (Å²) < 4.78 is 16.6. The van der Waals surface area contributed by atoms with Crippen molar-refractivity contribution in [2.75, 3.05) is 14.2 Å². The maximum atomic E-state index is 13.2. The van der Waals surface area contributed by atoms with Crippen LogP contribution < -0.4 is 15.8 Å². The van der Waals surface area contributed by atoms with E-state index in [0.29, 0.717) is 11.3 Å². The van der Waals surface area contributed by atoms with E-state index in [1.165, 1.54) is 14.2 Å². The molecule has 0 saturated carbocycles. The van der Waals surface area contributed by atoms with E-state index >= 15 is 0 Å². The highest BCUT2D eigenvalue weighted by Crippen LogP contribution is 2.28. The van der Waals surface area contributed by atoms with E-state index in [4.69, 9.17) is 19.9 Å². The number of nitrogens with two attached hydrogens (primary N) is 1. The molecule has 2 rings (SSSR count). The normalized spacial score (nSPS) is 12.8. The first-order chi connectivity index (χ1) is 15.9. The van der Waals surface area contributed by atoms with Gasteiger partial charge in [-0.25, -0.2) is 9.59 Å². The van der Waals surface area contributed by atoms with Gasteiger partial charge >= 0.3 is 12.1 Å². The summed E-state index contributed by atoms with van der Waals surface area (Å²) in [7, 11) is 2.98. The van der Waals surface area contributed by atoms with Gasteiger partial charge in [-0.3, -0.25) is 9.69 Å². The number of carbonyl (C=O) groups is 3. The quantitative estimate of drug-likeness (QED) is 0.278. The Labute approximate surface area is 213 Å². The first-order valence-electron chi connectivity index (χ1n) is 10.5. The fraction of sp³-hybridized carbons (Fsp3) is 0.375. The Morgan fingerprint density at radius 3 is 2.32 bits per heavy atom. The lowest BCUT2D eigenvalue weighted by atomic mass is 10.0. The van der Waals surface area contributed by atoms with Crippen LogP contribution in [0, 0.1) is 3.57 Å². The summed E-state index contributed by atoms with van der Waals surface area (Å²) in [4.78, 5) is 39.5. The summed E-state index contributed by atoms with van der Waals surface area (Å²) in [6.45, 7) is 5.19. The molecule has 0 aliphatic carbocycles. The maximum absolute atomic E-state index is 13.2. The monoisotopic (exact) mass is 583 g/mol. The lowest BCUT2D eigenvalue weighted by molar-refractivity contribution is -0.149. The van der Waals surface area contributed by atoms with Crippen LogP contribution in [-0.4, -0.2) is 48.8 Å². The SMILES string of the molecule is COc1ccc([C@@H](C(=O)N[C@@H](N)C(=O)OCc2ccccc2)N(C)C(=O)OC(C)(C)C)cc1I. The zero-order chi connectivity index (χ0) is 25.5. The molecule has 9 nitrogen and oxygen atoms in total. The van der Waals surface area contributed by atoms with Gasteiger partial charge in [0.15, 0.2) is 6.17 Å². The molecule has 3 N–H and O–H groups in total. The second-order valence-electron chi connectivity index (χ2n) is 8.47. The molecule has 0 aliphatic heterocycles. The van der Waals surface area contributed by atoms with Crippen molar-refractivity contribution >= 4 is 40.6 Å². The summed E-state index contributed by atoms with van der Waals surface area (Å²) in [5.41, 5.74) is 6.39. The molecule has 2 aromatic rings. The zero-order valence-corrected chi connectivity index (χ0v) is 22.0. The number of rotatable bonds is 8. The minimum absolute atomic E-state index is 0.0150. The van der Waals surface area contributed by atoms with Crippen molar-refractivity contribution in [1.29, 1.82) is 0 Å². The number of nitrogens with one attached hydrogen (secondary N) is 1. The van der Waals surface area contributed by atoms with Gasteiger partial charge in [0.1, 0.15) is 24.0 Å². The highest BCUT2D eigenvalue weighted by molar-refractivity contribution is 14.1. The highest BCUT2D eigenvalue weighted by atomic mass is 127. The molecular weight excluding hydrogens is 553 g/mol. The van der Waals surface area contributed by atoms with Gasteiger partial charge in [0.2, 0.25) is 5.91 Å². The maximum Gasteiger partial charge on any atom is 0.410 e. The molecule has 0 spiro atoms. The first kappa shape index (κ1) is 27.4. The number of benzene rings is 2. The molecule has 0 unspecified atom stereocenters. The number of nitrogens with zero attached hydrogens (tertiary/aromatic N) is 1. The number of amides is 2. The Balaban J connectivity index is 2.21. The fourth-order valence-corrected chi connectivity index (χ4v) is 3.71. The van der Waals surface area contributed by atoms with Crippen molar-refractivity contribution < 1.29 is 28.6 Å². The summed E-state index contributed by atoms with van der Waals surface area (Å²) in [5, 5.41) is 2.44. The summed E-state index contributed by atoms with van der Waals surface area (Å²) >= 11 is 2.07. The number of hydrogen-bond donors (Lipinski definition) is 2. The summed E-state index contributed by atoms with van der Waals surface area (Å²) in [5.74, 6) is -0.858. The van der Waals surface area contributed by atoms with Crippen molar-refractivity contribution in [2.45, 2.75) is 45.2 Å². The van der Waals surface area contributed by atoms with Crippen LogP contribution in [0.4, 0.5) is 4.79 Å². The number of halogens is 1. The predicted molar refractivity (Wildman–Crippen MR) is 135 cm³/mol. The van der Waals surface area contributed by atoms with Gasteiger partial charge in [0.25, 0.3) is 0 Å². The molecule has 2 amide bonds. The molecule has 184 valence electrons. The Kier molecular flexibility index (Phi) is 9.68. The van der Waals surface area contributed by atoms with Crippen molar-refractivity contribution in [3.63, 3.8) is 0 Å². The number of ether oxygens (including phenoxy) is 3. The lowest BCUT2D eigenvalue weighted by Gasteiger charge is -2.31. The smallest absolute Gasteiger partial charge is 0.410 e. The predicted octanol–water partition coefficient (Wildman–Crippen LogP) is 3.35. The summed E-state index contributed by atoms with van der Waals surface area (Å²) in [6, 6.07) is 13.0. The van der Waals surface area contributed by atoms with E-state index in [9.17, 15) is 14.4 Å². The van der Waals surface area contributed by atoms with E-state index in [1.54, 1.807) is 51.1 Å². The van der Waals surface area contributed by atoms with Gasteiger partial charge in [-0.2, -0.15) is 0 Å².